The van der Waals surface area contributed by atoms with Crippen molar-refractivity contribution in [2.75, 3.05) is 13.7 Å². The molecule has 1 aromatic carbocycles. The molecule has 0 radical (unpaired) electrons. The first-order valence-corrected chi connectivity index (χ1v) is 6.03. The largest absolute Gasteiger partial charge is 0.504 e. The number of carboxylic acid groups (broad SMARTS) is 1. The number of methoxy groups -OCH3 is 1. The van der Waals surface area contributed by atoms with Gasteiger partial charge in [0.2, 0.25) is 0 Å². The number of aliphatic hydroxyl groups excluding tert-OH is 1. The summed E-state index contributed by atoms with van der Waals surface area (Å²) in [6, 6.07) is 3.29. The first-order valence-electron chi connectivity index (χ1n) is 6.03. The van der Waals surface area contributed by atoms with E-state index in [1.54, 1.807) is 0 Å². The Kier molecular flexibility index (Phi) is 3.80. The van der Waals surface area contributed by atoms with Crippen molar-refractivity contribution < 1.29 is 29.6 Å². The van der Waals surface area contributed by atoms with E-state index in [4.69, 9.17) is 9.84 Å². The van der Waals surface area contributed by atoms with Gasteiger partial charge in [-0.1, -0.05) is 6.07 Å². The van der Waals surface area contributed by atoms with E-state index in [0.29, 0.717) is 0 Å². The van der Waals surface area contributed by atoms with Gasteiger partial charge in [0.15, 0.2) is 11.5 Å². The second kappa shape index (κ2) is 5.38. The highest BCUT2D eigenvalue weighted by Gasteiger charge is 2.40. The number of aliphatic carboxylic acids is 1. The Morgan fingerprint density at radius 3 is 2.70 bits per heavy atom. The predicted molar refractivity (Wildman–Crippen MR) is 67.7 cm³/mol. The average molecular weight is 281 g/mol. The van der Waals surface area contributed by atoms with Crippen LogP contribution in [0, 0.1) is 0 Å². The minimum atomic E-state index is -1.18. The lowest BCUT2D eigenvalue weighted by Crippen LogP contribution is -2.40. The zero-order valence-electron chi connectivity index (χ0n) is 10.8. The van der Waals surface area contributed by atoms with Crippen molar-refractivity contribution in [2.24, 2.45) is 0 Å². The number of aromatic hydroxyl groups is 1. The number of hydrogen-bond donors (Lipinski definition) is 3. The number of carbonyl (C=O) groups excluding carboxylic acids is 1. The molecule has 2 rings (SSSR count). The van der Waals surface area contributed by atoms with Crippen LogP contribution < -0.4 is 4.74 Å². The first kappa shape index (κ1) is 14.1. The third-order valence-corrected chi connectivity index (χ3v) is 3.27. The van der Waals surface area contributed by atoms with E-state index in [1.807, 2.05) is 0 Å². The highest BCUT2D eigenvalue weighted by molar-refractivity contribution is 5.99. The highest BCUT2D eigenvalue weighted by Crippen LogP contribution is 2.32. The first-order chi connectivity index (χ1) is 9.45. The van der Waals surface area contributed by atoms with Crippen LogP contribution in [0.3, 0.4) is 0 Å². The lowest BCUT2D eigenvalue weighted by atomic mass is 10.1. The van der Waals surface area contributed by atoms with E-state index in [0.717, 1.165) is 4.90 Å². The molecule has 2 atom stereocenters. The fraction of sp³-hybridized carbons (Fsp3) is 0.385. The third-order valence-electron chi connectivity index (χ3n) is 3.27. The van der Waals surface area contributed by atoms with Crippen molar-refractivity contribution in [3.05, 3.63) is 23.8 Å². The normalized spacial score (nSPS) is 21.8. The van der Waals surface area contributed by atoms with Crippen molar-refractivity contribution in [3.8, 4) is 11.5 Å². The molecular formula is C13H15NO6. The lowest BCUT2D eigenvalue weighted by Gasteiger charge is -2.21. The van der Waals surface area contributed by atoms with Crippen LogP contribution in [-0.4, -0.2) is 57.9 Å². The number of phenolic OH excluding ortho intramolecular Hbond substituents is 1. The van der Waals surface area contributed by atoms with Crippen molar-refractivity contribution in [3.63, 3.8) is 0 Å². The Bertz CT molecular complexity index is 544. The maximum absolute atomic E-state index is 12.3. The number of rotatable bonds is 3. The molecule has 108 valence electrons. The number of amides is 1. The molecule has 7 heteroatoms. The van der Waals surface area contributed by atoms with Crippen LogP contribution >= 0.6 is 0 Å². The maximum atomic E-state index is 12.3. The maximum Gasteiger partial charge on any atom is 0.326 e. The van der Waals surface area contributed by atoms with Crippen LogP contribution in [0.5, 0.6) is 11.5 Å². The number of aliphatic hydroxyl groups is 1. The summed E-state index contributed by atoms with van der Waals surface area (Å²) >= 11 is 0. The van der Waals surface area contributed by atoms with Crippen LogP contribution in [0.4, 0.5) is 0 Å². The van der Waals surface area contributed by atoms with Crippen LogP contribution in [-0.2, 0) is 4.79 Å². The molecule has 0 spiro atoms. The van der Waals surface area contributed by atoms with Gasteiger partial charge in [0.05, 0.1) is 18.8 Å². The van der Waals surface area contributed by atoms with Crippen LogP contribution in [0.2, 0.25) is 0 Å². The van der Waals surface area contributed by atoms with Crippen molar-refractivity contribution in [1.29, 1.82) is 0 Å². The molecule has 1 aliphatic rings. The van der Waals surface area contributed by atoms with Crippen molar-refractivity contribution in [1.82, 2.24) is 4.90 Å². The average Bonchev–Trinajstić information content (AvgIpc) is 2.80. The molecule has 1 unspecified atom stereocenters. The molecular weight excluding hydrogens is 266 g/mol. The summed E-state index contributed by atoms with van der Waals surface area (Å²) in [5.41, 5.74) is -0.0512. The Balaban J connectivity index is 2.34. The second-order valence-electron chi connectivity index (χ2n) is 4.56. The Morgan fingerprint density at radius 1 is 1.40 bits per heavy atom. The molecule has 7 nitrogen and oxygen atoms in total. The molecule has 1 aliphatic heterocycles. The van der Waals surface area contributed by atoms with E-state index in [-0.39, 0.29) is 30.0 Å². The van der Waals surface area contributed by atoms with E-state index in [9.17, 15) is 19.8 Å². The van der Waals surface area contributed by atoms with Gasteiger partial charge in [-0.3, -0.25) is 4.79 Å². The molecule has 1 saturated heterocycles. The quantitative estimate of drug-likeness (QED) is 0.723. The van der Waals surface area contributed by atoms with Crippen LogP contribution in [0.15, 0.2) is 18.2 Å². The number of nitrogens with zero attached hydrogens (tertiary/aromatic N) is 1. The lowest BCUT2D eigenvalue weighted by molar-refractivity contribution is -0.141. The molecule has 0 bridgehead atoms. The fourth-order valence-corrected chi connectivity index (χ4v) is 2.29. The number of hydrogen-bond acceptors (Lipinski definition) is 5. The third kappa shape index (κ3) is 2.39. The van der Waals surface area contributed by atoms with Gasteiger partial charge in [-0.15, -0.1) is 0 Å². The van der Waals surface area contributed by atoms with E-state index >= 15 is 0 Å². The van der Waals surface area contributed by atoms with Gasteiger partial charge in [0.25, 0.3) is 5.91 Å². The molecule has 0 aliphatic carbocycles. The van der Waals surface area contributed by atoms with Gasteiger partial charge in [-0.25, -0.2) is 4.79 Å². The summed E-state index contributed by atoms with van der Waals surface area (Å²) in [7, 11) is 1.35. The van der Waals surface area contributed by atoms with E-state index in [2.05, 4.69) is 0 Å². The SMILES string of the molecule is COc1cccc(C(=O)N2CC(O)C[C@H]2C(=O)O)c1O. The smallest absolute Gasteiger partial charge is 0.326 e. The number of β-amino-alcohol motifs (C(OH)–C–C–N with tert-alkyl or cyclic N) is 1. The number of para-hydroxylation sites is 1. The van der Waals surface area contributed by atoms with E-state index < -0.39 is 24.0 Å². The molecule has 1 heterocycles. The van der Waals surface area contributed by atoms with Gasteiger partial charge < -0.3 is 25.0 Å². The minimum absolute atomic E-state index is 0.0220. The summed E-state index contributed by atoms with van der Waals surface area (Å²) in [6.07, 6.45) is -0.904. The standard InChI is InChI=1S/C13H15NO6/c1-20-10-4-2-3-8(11(10)16)12(17)14-6-7(15)5-9(14)13(18)19/h2-4,7,9,15-16H,5-6H2,1H3,(H,18,19)/t7?,9-/m0/s1. The van der Waals surface area contributed by atoms with E-state index in [1.165, 1.54) is 25.3 Å². The molecule has 1 aromatic rings. The molecule has 1 fully saturated rings. The fourth-order valence-electron chi connectivity index (χ4n) is 2.29. The summed E-state index contributed by atoms with van der Waals surface area (Å²) < 4.78 is 4.91. The summed E-state index contributed by atoms with van der Waals surface area (Å²) in [6.45, 7) is -0.0769. The number of phenols is 1. The Morgan fingerprint density at radius 2 is 2.10 bits per heavy atom. The minimum Gasteiger partial charge on any atom is -0.504 e. The highest BCUT2D eigenvalue weighted by atomic mass is 16.5. The van der Waals surface area contributed by atoms with Gasteiger partial charge in [0, 0.05) is 13.0 Å². The molecule has 0 aromatic heterocycles. The van der Waals surface area contributed by atoms with Gasteiger partial charge >= 0.3 is 5.97 Å². The number of ether oxygens (including phenoxy) is 1. The number of carboxylic acids is 1. The predicted octanol–water partition coefficient (Wildman–Crippen LogP) is 0.0608. The van der Waals surface area contributed by atoms with Gasteiger partial charge in [-0.05, 0) is 12.1 Å². The van der Waals surface area contributed by atoms with Crippen LogP contribution in [0.25, 0.3) is 0 Å². The summed E-state index contributed by atoms with van der Waals surface area (Å²) in [5, 5.41) is 28.5. The number of benzene rings is 1. The number of carbonyl (C=O) groups is 2. The molecule has 20 heavy (non-hydrogen) atoms. The summed E-state index contributed by atoms with van der Waals surface area (Å²) in [5.74, 6) is -2.05. The Hall–Kier alpha value is -2.28. The Labute approximate surface area is 115 Å². The number of likely N-dealkylation sites (tertiary alicyclic amines) is 1. The summed E-state index contributed by atoms with van der Waals surface area (Å²) in [4.78, 5) is 24.5. The molecule has 1 amide bonds. The zero-order valence-corrected chi connectivity index (χ0v) is 10.8. The van der Waals surface area contributed by atoms with Gasteiger partial charge in [-0.2, -0.15) is 0 Å². The van der Waals surface area contributed by atoms with Crippen molar-refractivity contribution in [2.45, 2.75) is 18.6 Å². The second-order valence-corrected chi connectivity index (χ2v) is 4.56. The topological polar surface area (TPSA) is 107 Å². The molecule has 0 saturated carbocycles. The van der Waals surface area contributed by atoms with Crippen molar-refractivity contribution >= 4 is 11.9 Å². The van der Waals surface area contributed by atoms with Gasteiger partial charge in [0.1, 0.15) is 6.04 Å². The monoisotopic (exact) mass is 281 g/mol. The molecule has 3 N–H and O–H groups in total. The zero-order chi connectivity index (χ0) is 14.9. The van der Waals surface area contributed by atoms with Crippen LogP contribution in [0.1, 0.15) is 16.8 Å².